The van der Waals surface area contributed by atoms with Gasteiger partial charge >= 0.3 is 0 Å². The van der Waals surface area contributed by atoms with Gasteiger partial charge < -0.3 is 19.9 Å². The number of nitrogens with zero attached hydrogens (tertiary/aromatic N) is 2. The number of para-hydroxylation sites is 2. The SMILES string of the molecule is CCn1c(CCNC(=S)NC[C@H]2CCCO2)nc2ccccc21. The Labute approximate surface area is 142 Å². The maximum atomic E-state index is 5.58. The Bertz CT molecular complexity index is 664. The summed E-state index contributed by atoms with van der Waals surface area (Å²) in [6.07, 6.45) is 3.43. The van der Waals surface area contributed by atoms with Crippen LogP contribution in [0.15, 0.2) is 24.3 Å². The van der Waals surface area contributed by atoms with Crippen molar-refractivity contribution in [2.75, 3.05) is 19.7 Å². The standard InChI is InChI=1S/C17H24N4OS/c1-2-21-15-8-4-3-7-14(15)20-16(21)9-10-18-17(23)19-12-13-6-5-11-22-13/h3-4,7-8,13H,2,5-6,9-12H2,1H3,(H2,18,19,23)/t13-/m1/s1. The minimum atomic E-state index is 0.305. The zero-order valence-electron chi connectivity index (χ0n) is 13.5. The van der Waals surface area contributed by atoms with Gasteiger partial charge in [-0.1, -0.05) is 12.1 Å². The van der Waals surface area contributed by atoms with Gasteiger partial charge in [0.2, 0.25) is 0 Å². The second-order valence-corrected chi connectivity index (χ2v) is 6.19. The van der Waals surface area contributed by atoms with Crippen molar-refractivity contribution < 1.29 is 4.74 Å². The lowest BCUT2D eigenvalue weighted by Crippen LogP contribution is -2.40. The molecule has 1 fully saturated rings. The molecule has 1 aromatic heterocycles. The van der Waals surface area contributed by atoms with E-state index in [-0.39, 0.29) is 0 Å². The molecule has 0 aliphatic carbocycles. The van der Waals surface area contributed by atoms with Gasteiger partial charge in [-0.25, -0.2) is 4.98 Å². The molecule has 1 saturated heterocycles. The monoisotopic (exact) mass is 332 g/mol. The molecule has 1 aliphatic heterocycles. The molecule has 124 valence electrons. The summed E-state index contributed by atoms with van der Waals surface area (Å²) in [4.78, 5) is 4.73. The molecule has 6 heteroatoms. The lowest BCUT2D eigenvalue weighted by molar-refractivity contribution is 0.114. The van der Waals surface area contributed by atoms with Crippen LogP contribution in [0.25, 0.3) is 11.0 Å². The van der Waals surface area contributed by atoms with Gasteiger partial charge in [0, 0.05) is 32.7 Å². The Kier molecular flexibility index (Phi) is 5.46. The van der Waals surface area contributed by atoms with Crippen LogP contribution >= 0.6 is 12.2 Å². The van der Waals surface area contributed by atoms with E-state index in [2.05, 4.69) is 40.3 Å². The summed E-state index contributed by atoms with van der Waals surface area (Å²) in [6.45, 7) is 5.52. The Hall–Kier alpha value is -1.66. The smallest absolute Gasteiger partial charge is 0.166 e. The predicted octanol–water partition coefficient (Wildman–Crippen LogP) is 2.24. The Morgan fingerprint density at radius 1 is 1.39 bits per heavy atom. The van der Waals surface area contributed by atoms with E-state index >= 15 is 0 Å². The van der Waals surface area contributed by atoms with Crippen molar-refractivity contribution in [2.45, 2.75) is 38.8 Å². The normalized spacial score (nSPS) is 17.5. The van der Waals surface area contributed by atoms with Gasteiger partial charge in [0.15, 0.2) is 5.11 Å². The number of aromatic nitrogens is 2. The molecule has 1 atom stereocenters. The number of fused-ring (bicyclic) bond motifs is 1. The highest BCUT2D eigenvalue weighted by molar-refractivity contribution is 7.80. The molecule has 0 amide bonds. The number of hydrogen-bond donors (Lipinski definition) is 2. The van der Waals surface area contributed by atoms with Gasteiger partial charge in [0.05, 0.1) is 17.1 Å². The second-order valence-electron chi connectivity index (χ2n) is 5.78. The Morgan fingerprint density at radius 2 is 2.26 bits per heavy atom. The van der Waals surface area contributed by atoms with E-state index in [0.717, 1.165) is 56.8 Å². The average molecular weight is 332 g/mol. The molecule has 5 nitrogen and oxygen atoms in total. The van der Waals surface area contributed by atoms with Crippen LogP contribution in [0.5, 0.6) is 0 Å². The minimum Gasteiger partial charge on any atom is -0.376 e. The molecule has 0 radical (unpaired) electrons. The van der Waals surface area contributed by atoms with E-state index in [1.807, 2.05) is 6.07 Å². The van der Waals surface area contributed by atoms with Crippen molar-refractivity contribution in [1.82, 2.24) is 20.2 Å². The fraction of sp³-hybridized carbons (Fsp3) is 0.529. The second kappa shape index (κ2) is 7.75. The average Bonchev–Trinajstić information content (AvgIpc) is 3.20. The van der Waals surface area contributed by atoms with Crippen LogP contribution in [-0.4, -0.2) is 40.5 Å². The van der Waals surface area contributed by atoms with Crippen molar-refractivity contribution >= 4 is 28.4 Å². The van der Waals surface area contributed by atoms with Gasteiger partial charge in [0.25, 0.3) is 0 Å². The van der Waals surface area contributed by atoms with Crippen LogP contribution in [0.4, 0.5) is 0 Å². The van der Waals surface area contributed by atoms with Crippen molar-refractivity contribution in [3.05, 3.63) is 30.1 Å². The number of nitrogens with one attached hydrogen (secondary N) is 2. The van der Waals surface area contributed by atoms with Crippen molar-refractivity contribution in [3.8, 4) is 0 Å². The summed E-state index contributed by atoms with van der Waals surface area (Å²) in [5.41, 5.74) is 2.26. The van der Waals surface area contributed by atoms with Crippen LogP contribution in [-0.2, 0) is 17.7 Å². The first-order valence-corrected chi connectivity index (χ1v) is 8.76. The number of thiocarbonyl (C=S) groups is 1. The summed E-state index contributed by atoms with van der Waals surface area (Å²) in [7, 11) is 0. The number of ether oxygens (including phenoxy) is 1. The molecule has 3 rings (SSSR count). The van der Waals surface area contributed by atoms with E-state index in [0.29, 0.717) is 11.2 Å². The molecule has 2 aromatic rings. The molecule has 0 bridgehead atoms. The summed E-state index contributed by atoms with van der Waals surface area (Å²) in [5, 5.41) is 7.19. The maximum absolute atomic E-state index is 5.58. The first-order valence-electron chi connectivity index (χ1n) is 8.35. The molecular formula is C17H24N4OS. The molecule has 2 N–H and O–H groups in total. The quantitative estimate of drug-likeness (QED) is 0.795. The molecule has 0 spiro atoms. The van der Waals surface area contributed by atoms with Gasteiger partial charge in [-0.3, -0.25) is 0 Å². The fourth-order valence-electron chi connectivity index (χ4n) is 3.03. The van der Waals surface area contributed by atoms with E-state index in [4.69, 9.17) is 21.9 Å². The van der Waals surface area contributed by atoms with E-state index in [1.54, 1.807) is 0 Å². The molecule has 2 heterocycles. The Morgan fingerprint density at radius 3 is 3.04 bits per heavy atom. The summed E-state index contributed by atoms with van der Waals surface area (Å²) < 4.78 is 7.84. The fourth-order valence-corrected chi connectivity index (χ4v) is 3.22. The van der Waals surface area contributed by atoms with Crippen molar-refractivity contribution in [1.29, 1.82) is 0 Å². The molecule has 0 saturated carbocycles. The van der Waals surface area contributed by atoms with E-state index < -0.39 is 0 Å². The molecule has 1 aliphatic rings. The zero-order valence-corrected chi connectivity index (χ0v) is 14.4. The van der Waals surface area contributed by atoms with Crippen LogP contribution in [0.3, 0.4) is 0 Å². The Balaban J connectivity index is 1.49. The van der Waals surface area contributed by atoms with E-state index in [1.165, 1.54) is 5.52 Å². The van der Waals surface area contributed by atoms with Crippen LogP contribution in [0, 0.1) is 0 Å². The van der Waals surface area contributed by atoms with Gasteiger partial charge in [-0.2, -0.15) is 0 Å². The first-order chi connectivity index (χ1) is 11.3. The lowest BCUT2D eigenvalue weighted by Gasteiger charge is -2.14. The molecule has 0 unspecified atom stereocenters. The number of benzene rings is 1. The highest BCUT2D eigenvalue weighted by atomic mass is 32.1. The van der Waals surface area contributed by atoms with Crippen LogP contribution in [0.1, 0.15) is 25.6 Å². The minimum absolute atomic E-state index is 0.305. The number of imidazole rings is 1. The third-order valence-electron chi connectivity index (χ3n) is 4.20. The number of aryl methyl sites for hydroxylation is 1. The summed E-state index contributed by atoms with van der Waals surface area (Å²) in [6, 6.07) is 8.27. The zero-order chi connectivity index (χ0) is 16.1. The molecule has 1 aromatic carbocycles. The number of rotatable bonds is 6. The maximum Gasteiger partial charge on any atom is 0.166 e. The summed E-state index contributed by atoms with van der Waals surface area (Å²) >= 11 is 5.32. The van der Waals surface area contributed by atoms with E-state index in [9.17, 15) is 0 Å². The van der Waals surface area contributed by atoms with Crippen molar-refractivity contribution in [2.24, 2.45) is 0 Å². The van der Waals surface area contributed by atoms with Crippen molar-refractivity contribution in [3.63, 3.8) is 0 Å². The van der Waals surface area contributed by atoms with Gasteiger partial charge in [-0.05, 0) is 44.1 Å². The van der Waals surface area contributed by atoms with Crippen LogP contribution in [0.2, 0.25) is 0 Å². The topological polar surface area (TPSA) is 51.1 Å². The summed E-state index contributed by atoms with van der Waals surface area (Å²) in [5.74, 6) is 1.10. The third kappa shape index (κ3) is 4.00. The highest BCUT2D eigenvalue weighted by Crippen LogP contribution is 2.16. The van der Waals surface area contributed by atoms with Gasteiger partial charge in [-0.15, -0.1) is 0 Å². The molecular weight excluding hydrogens is 308 g/mol. The van der Waals surface area contributed by atoms with Gasteiger partial charge in [0.1, 0.15) is 5.82 Å². The molecule has 23 heavy (non-hydrogen) atoms. The first kappa shape index (κ1) is 16.2. The predicted molar refractivity (Wildman–Crippen MR) is 96.7 cm³/mol. The third-order valence-corrected chi connectivity index (χ3v) is 4.49. The lowest BCUT2D eigenvalue weighted by atomic mass is 10.2. The number of hydrogen-bond acceptors (Lipinski definition) is 3. The van der Waals surface area contributed by atoms with Crippen LogP contribution < -0.4 is 10.6 Å². The largest absolute Gasteiger partial charge is 0.376 e. The highest BCUT2D eigenvalue weighted by Gasteiger charge is 2.15.